The summed E-state index contributed by atoms with van der Waals surface area (Å²) in [7, 11) is 0. The summed E-state index contributed by atoms with van der Waals surface area (Å²) < 4.78 is 0. The number of phenols is 2. The molecular weight excluding hydrogens is 414 g/mol. The highest BCUT2D eigenvalue weighted by Gasteiger charge is 2.16. The van der Waals surface area contributed by atoms with Crippen LogP contribution in [0.1, 0.15) is 31.9 Å². The van der Waals surface area contributed by atoms with Gasteiger partial charge in [0, 0.05) is 10.9 Å². The number of phenolic OH excluding ortho intramolecular Hbond substituents is 2. The summed E-state index contributed by atoms with van der Waals surface area (Å²) in [6.45, 7) is 6.39. The molecule has 0 radical (unpaired) electrons. The van der Waals surface area contributed by atoms with E-state index in [9.17, 15) is 10.2 Å². The molecule has 0 spiro atoms. The first-order chi connectivity index (χ1) is 15.8. The summed E-state index contributed by atoms with van der Waals surface area (Å²) in [5, 5.41) is 31.6. The monoisotopic (exact) mass is 441 g/mol. The average molecular weight is 442 g/mol. The van der Waals surface area contributed by atoms with Crippen molar-refractivity contribution in [1.82, 2.24) is 0 Å². The van der Waals surface area contributed by atoms with Crippen molar-refractivity contribution >= 4 is 27.8 Å². The second-order valence-corrected chi connectivity index (χ2v) is 8.86. The summed E-state index contributed by atoms with van der Waals surface area (Å²) in [5.41, 5.74) is 5.85. The SMILES string of the molecule is CC(C)(C)c1ccc(O)c(N=Nc2c(O)c(CONc3ccccc3)cc3ccccc23)c1. The Hall–Kier alpha value is -3.90. The topological polar surface area (TPSA) is 86.4 Å². The second-order valence-electron chi connectivity index (χ2n) is 8.86. The first-order valence-corrected chi connectivity index (χ1v) is 10.7. The van der Waals surface area contributed by atoms with Gasteiger partial charge in [-0.2, -0.15) is 0 Å². The zero-order valence-corrected chi connectivity index (χ0v) is 18.9. The first-order valence-electron chi connectivity index (χ1n) is 10.7. The molecule has 4 rings (SSSR count). The van der Waals surface area contributed by atoms with Crippen LogP contribution in [0.3, 0.4) is 0 Å². The Bertz CT molecular complexity index is 1300. The van der Waals surface area contributed by atoms with Crippen LogP contribution in [0.5, 0.6) is 11.5 Å². The van der Waals surface area contributed by atoms with Crippen LogP contribution in [0.4, 0.5) is 17.1 Å². The van der Waals surface area contributed by atoms with Gasteiger partial charge in [0.25, 0.3) is 0 Å². The van der Waals surface area contributed by atoms with Gasteiger partial charge in [0.1, 0.15) is 29.5 Å². The molecule has 6 nitrogen and oxygen atoms in total. The molecule has 0 fully saturated rings. The molecule has 4 aromatic carbocycles. The van der Waals surface area contributed by atoms with Crippen LogP contribution in [0.2, 0.25) is 0 Å². The van der Waals surface area contributed by atoms with E-state index in [4.69, 9.17) is 4.84 Å². The molecule has 0 saturated carbocycles. The molecule has 6 heteroatoms. The van der Waals surface area contributed by atoms with E-state index in [0.29, 0.717) is 16.9 Å². The Balaban J connectivity index is 1.68. The van der Waals surface area contributed by atoms with Crippen molar-refractivity contribution < 1.29 is 15.1 Å². The van der Waals surface area contributed by atoms with Crippen molar-refractivity contribution in [3.8, 4) is 11.5 Å². The highest BCUT2D eigenvalue weighted by atomic mass is 16.6. The Morgan fingerprint density at radius 3 is 2.33 bits per heavy atom. The highest BCUT2D eigenvalue weighted by Crippen LogP contribution is 2.41. The first kappa shape index (κ1) is 22.3. The van der Waals surface area contributed by atoms with E-state index in [1.807, 2.05) is 72.8 Å². The molecule has 0 unspecified atom stereocenters. The third-order valence-electron chi connectivity index (χ3n) is 5.36. The average Bonchev–Trinajstić information content (AvgIpc) is 2.80. The van der Waals surface area contributed by atoms with Gasteiger partial charge >= 0.3 is 0 Å². The summed E-state index contributed by atoms with van der Waals surface area (Å²) in [4.78, 5) is 5.60. The number of anilines is 1. The number of aromatic hydroxyl groups is 2. The molecule has 0 aliphatic heterocycles. The van der Waals surface area contributed by atoms with Gasteiger partial charge in [-0.05, 0) is 46.7 Å². The van der Waals surface area contributed by atoms with Crippen LogP contribution >= 0.6 is 0 Å². The smallest absolute Gasteiger partial charge is 0.149 e. The van der Waals surface area contributed by atoms with Gasteiger partial charge in [-0.1, -0.05) is 69.3 Å². The van der Waals surface area contributed by atoms with Crippen LogP contribution in [-0.2, 0) is 16.9 Å². The molecule has 4 aromatic rings. The third-order valence-corrected chi connectivity index (χ3v) is 5.36. The van der Waals surface area contributed by atoms with E-state index in [1.165, 1.54) is 0 Å². The molecule has 0 amide bonds. The van der Waals surface area contributed by atoms with Gasteiger partial charge in [-0.25, -0.2) is 0 Å². The number of hydrogen-bond donors (Lipinski definition) is 3. The van der Waals surface area contributed by atoms with Gasteiger partial charge in [0.15, 0.2) is 0 Å². The maximum atomic E-state index is 11.0. The van der Waals surface area contributed by atoms with Gasteiger partial charge < -0.3 is 10.2 Å². The highest BCUT2D eigenvalue weighted by molar-refractivity contribution is 5.96. The molecule has 3 N–H and O–H groups in total. The number of nitrogens with zero attached hydrogens (tertiary/aromatic N) is 2. The maximum absolute atomic E-state index is 11.0. The van der Waals surface area contributed by atoms with Crippen molar-refractivity contribution in [2.24, 2.45) is 10.2 Å². The number of rotatable bonds is 6. The zero-order chi connectivity index (χ0) is 23.4. The van der Waals surface area contributed by atoms with Crippen molar-refractivity contribution in [3.05, 3.63) is 90.0 Å². The third kappa shape index (κ3) is 5.13. The standard InChI is InChI=1S/C27H27N3O3/c1-27(2,3)20-13-14-24(31)23(16-20)28-29-25-22-12-8-7-9-18(22)15-19(26(25)32)17-33-30-21-10-5-4-6-11-21/h4-16,30-32H,17H2,1-3H3. The molecule has 0 aromatic heterocycles. The number of fused-ring (bicyclic) bond motifs is 1. The van der Waals surface area contributed by atoms with Crippen molar-refractivity contribution in [2.45, 2.75) is 32.8 Å². The summed E-state index contributed by atoms with van der Waals surface area (Å²) in [6, 6.07) is 24.3. The summed E-state index contributed by atoms with van der Waals surface area (Å²) in [5.74, 6) is 0.0147. The number of para-hydroxylation sites is 1. The Labute approximate surface area is 193 Å². The van der Waals surface area contributed by atoms with Crippen LogP contribution in [0.25, 0.3) is 10.8 Å². The molecule has 0 aliphatic rings. The fourth-order valence-electron chi connectivity index (χ4n) is 3.46. The van der Waals surface area contributed by atoms with E-state index < -0.39 is 0 Å². The fourth-order valence-corrected chi connectivity index (χ4v) is 3.46. The fraction of sp³-hybridized carbons (Fsp3) is 0.185. The van der Waals surface area contributed by atoms with E-state index in [1.54, 1.807) is 6.07 Å². The van der Waals surface area contributed by atoms with E-state index >= 15 is 0 Å². The maximum Gasteiger partial charge on any atom is 0.149 e. The summed E-state index contributed by atoms with van der Waals surface area (Å²) in [6.07, 6.45) is 0. The molecule has 0 bridgehead atoms. The minimum atomic E-state index is -0.101. The normalized spacial score (nSPS) is 11.8. The molecule has 168 valence electrons. The molecular formula is C27H27N3O3. The lowest BCUT2D eigenvalue weighted by atomic mass is 9.87. The van der Waals surface area contributed by atoms with Gasteiger partial charge in [0.2, 0.25) is 0 Å². The van der Waals surface area contributed by atoms with Crippen molar-refractivity contribution in [2.75, 3.05) is 5.48 Å². The molecule has 0 aliphatic carbocycles. The van der Waals surface area contributed by atoms with Crippen LogP contribution < -0.4 is 5.48 Å². The Kier molecular flexibility index (Phi) is 6.29. The predicted octanol–water partition coefficient (Wildman–Crippen LogP) is 7.51. The number of hydrogen-bond acceptors (Lipinski definition) is 6. The lowest BCUT2D eigenvalue weighted by Gasteiger charge is -2.19. The lowest BCUT2D eigenvalue weighted by Crippen LogP contribution is -2.10. The molecule has 0 saturated heterocycles. The molecule has 0 atom stereocenters. The summed E-state index contributed by atoms with van der Waals surface area (Å²) >= 11 is 0. The van der Waals surface area contributed by atoms with Gasteiger partial charge in [-0.15, -0.1) is 10.2 Å². The van der Waals surface area contributed by atoms with Crippen LogP contribution in [0.15, 0.2) is 89.1 Å². The minimum Gasteiger partial charge on any atom is -0.506 e. The van der Waals surface area contributed by atoms with E-state index in [2.05, 4.69) is 36.5 Å². The van der Waals surface area contributed by atoms with Gasteiger partial charge in [0.05, 0.1) is 5.69 Å². The Morgan fingerprint density at radius 2 is 1.58 bits per heavy atom. The van der Waals surface area contributed by atoms with Crippen molar-refractivity contribution in [1.29, 1.82) is 0 Å². The second kappa shape index (κ2) is 9.30. The lowest BCUT2D eigenvalue weighted by molar-refractivity contribution is 0.177. The van der Waals surface area contributed by atoms with Gasteiger partial charge in [-0.3, -0.25) is 10.3 Å². The quantitative estimate of drug-likeness (QED) is 0.213. The number of nitrogens with one attached hydrogen (secondary N) is 1. The van der Waals surface area contributed by atoms with Crippen LogP contribution in [0, 0.1) is 0 Å². The molecule has 33 heavy (non-hydrogen) atoms. The van der Waals surface area contributed by atoms with E-state index in [0.717, 1.165) is 22.0 Å². The predicted molar refractivity (Wildman–Crippen MR) is 131 cm³/mol. The van der Waals surface area contributed by atoms with Crippen molar-refractivity contribution in [3.63, 3.8) is 0 Å². The zero-order valence-electron chi connectivity index (χ0n) is 18.9. The van der Waals surface area contributed by atoms with E-state index in [-0.39, 0.29) is 23.5 Å². The number of azo groups is 1. The number of benzene rings is 4. The Morgan fingerprint density at radius 1 is 0.848 bits per heavy atom. The molecule has 0 heterocycles. The largest absolute Gasteiger partial charge is 0.506 e. The minimum absolute atomic E-state index is 0.0150. The van der Waals surface area contributed by atoms with Crippen LogP contribution in [-0.4, -0.2) is 10.2 Å².